The molecule has 0 aromatic heterocycles. The van der Waals surface area contributed by atoms with Crippen LogP contribution >= 0.6 is 12.4 Å². The van der Waals surface area contributed by atoms with Gasteiger partial charge in [-0.15, -0.1) is 12.4 Å². The van der Waals surface area contributed by atoms with Crippen LogP contribution in [0.4, 0.5) is 0 Å². The Morgan fingerprint density at radius 3 is 2.35 bits per heavy atom. The number of amides is 1. The van der Waals surface area contributed by atoms with Crippen LogP contribution in [-0.2, 0) is 10.2 Å². The molecule has 114 valence electrons. The van der Waals surface area contributed by atoms with Crippen molar-refractivity contribution < 1.29 is 9.53 Å². The van der Waals surface area contributed by atoms with Crippen LogP contribution < -0.4 is 15.8 Å². The first kappa shape index (κ1) is 18.7. The van der Waals surface area contributed by atoms with E-state index in [1.807, 2.05) is 31.2 Å². The number of hydrogen-bond acceptors (Lipinski definition) is 3. The molecule has 0 saturated carbocycles. The Labute approximate surface area is 127 Å². The van der Waals surface area contributed by atoms with E-state index < -0.39 is 0 Å². The van der Waals surface area contributed by atoms with Crippen LogP contribution in [0.5, 0.6) is 5.75 Å². The van der Waals surface area contributed by atoms with E-state index in [2.05, 4.69) is 19.2 Å². The number of benzene rings is 1. The van der Waals surface area contributed by atoms with Gasteiger partial charge in [-0.05, 0) is 17.7 Å². The van der Waals surface area contributed by atoms with Crippen LogP contribution in [0, 0.1) is 5.92 Å². The Kier molecular flexibility index (Phi) is 7.61. The molecule has 5 heteroatoms. The van der Waals surface area contributed by atoms with Gasteiger partial charge in [-0.3, -0.25) is 4.79 Å². The van der Waals surface area contributed by atoms with Gasteiger partial charge in [0.2, 0.25) is 5.91 Å². The summed E-state index contributed by atoms with van der Waals surface area (Å²) in [6.07, 6.45) is 0. The quantitative estimate of drug-likeness (QED) is 0.845. The van der Waals surface area contributed by atoms with E-state index in [1.54, 1.807) is 7.11 Å². The van der Waals surface area contributed by atoms with Crippen molar-refractivity contribution in [1.29, 1.82) is 0 Å². The molecule has 1 aromatic rings. The van der Waals surface area contributed by atoms with E-state index in [-0.39, 0.29) is 29.6 Å². The topological polar surface area (TPSA) is 64.3 Å². The number of nitrogens with two attached hydrogens (primary N) is 1. The molecule has 0 radical (unpaired) electrons. The van der Waals surface area contributed by atoms with E-state index in [4.69, 9.17) is 10.5 Å². The third-order valence-electron chi connectivity index (χ3n) is 3.38. The van der Waals surface area contributed by atoms with Crippen molar-refractivity contribution in [2.75, 3.05) is 20.2 Å². The summed E-state index contributed by atoms with van der Waals surface area (Å²) in [5.41, 5.74) is 6.51. The van der Waals surface area contributed by atoms with Gasteiger partial charge in [-0.2, -0.15) is 0 Å². The van der Waals surface area contributed by atoms with Gasteiger partial charge >= 0.3 is 0 Å². The molecule has 0 heterocycles. The molecular formula is C15H25ClN2O2. The van der Waals surface area contributed by atoms with E-state index in [0.29, 0.717) is 13.1 Å². The first-order valence-corrected chi connectivity index (χ1v) is 6.53. The molecule has 0 aliphatic rings. The van der Waals surface area contributed by atoms with Crippen LogP contribution in [0.15, 0.2) is 24.3 Å². The molecule has 0 aliphatic carbocycles. The first-order chi connectivity index (χ1) is 8.90. The second kappa shape index (κ2) is 8.12. The number of carbonyl (C=O) groups excluding carboxylic acids is 1. The maximum Gasteiger partial charge on any atom is 0.224 e. The molecule has 4 nitrogen and oxygen atoms in total. The standard InChI is InChI=1S/C15H24N2O2.ClH/c1-11(9-16)14(18)17-10-15(2,3)12-5-7-13(19-4)8-6-12;/h5-8,11H,9-10,16H2,1-4H3,(H,17,18);1H. The second-order valence-electron chi connectivity index (χ2n) is 5.47. The van der Waals surface area contributed by atoms with Gasteiger partial charge in [0.05, 0.1) is 7.11 Å². The van der Waals surface area contributed by atoms with Gasteiger partial charge in [-0.25, -0.2) is 0 Å². The SMILES string of the molecule is COc1ccc(C(C)(C)CNC(=O)C(C)CN)cc1.Cl. The molecule has 20 heavy (non-hydrogen) atoms. The molecule has 1 unspecified atom stereocenters. The molecular weight excluding hydrogens is 276 g/mol. The number of hydrogen-bond donors (Lipinski definition) is 2. The van der Waals surface area contributed by atoms with Crippen molar-refractivity contribution in [3.8, 4) is 5.75 Å². The fraction of sp³-hybridized carbons (Fsp3) is 0.533. The summed E-state index contributed by atoms with van der Waals surface area (Å²) in [6.45, 7) is 6.98. The average Bonchev–Trinajstić information content (AvgIpc) is 2.44. The van der Waals surface area contributed by atoms with Crippen molar-refractivity contribution in [3.63, 3.8) is 0 Å². The van der Waals surface area contributed by atoms with Crippen molar-refractivity contribution >= 4 is 18.3 Å². The highest BCUT2D eigenvalue weighted by Gasteiger charge is 2.22. The van der Waals surface area contributed by atoms with Crippen molar-refractivity contribution in [3.05, 3.63) is 29.8 Å². The minimum Gasteiger partial charge on any atom is -0.497 e. The Balaban J connectivity index is 0.00000361. The Morgan fingerprint density at radius 2 is 1.90 bits per heavy atom. The smallest absolute Gasteiger partial charge is 0.224 e. The summed E-state index contributed by atoms with van der Waals surface area (Å²) in [4.78, 5) is 11.7. The number of halogens is 1. The average molecular weight is 301 g/mol. The number of ether oxygens (including phenoxy) is 1. The first-order valence-electron chi connectivity index (χ1n) is 6.53. The van der Waals surface area contributed by atoms with Gasteiger partial charge < -0.3 is 15.8 Å². The lowest BCUT2D eigenvalue weighted by molar-refractivity contribution is -0.124. The van der Waals surface area contributed by atoms with Crippen LogP contribution in [0.2, 0.25) is 0 Å². The molecule has 3 N–H and O–H groups in total. The lowest BCUT2D eigenvalue weighted by atomic mass is 9.84. The van der Waals surface area contributed by atoms with Crippen molar-refractivity contribution in [2.24, 2.45) is 11.7 Å². The number of rotatable bonds is 6. The highest BCUT2D eigenvalue weighted by Crippen LogP contribution is 2.24. The van der Waals surface area contributed by atoms with Crippen LogP contribution in [0.25, 0.3) is 0 Å². The minimum atomic E-state index is -0.147. The van der Waals surface area contributed by atoms with Crippen molar-refractivity contribution in [1.82, 2.24) is 5.32 Å². The summed E-state index contributed by atoms with van der Waals surface area (Å²) in [6, 6.07) is 7.91. The molecule has 0 fully saturated rings. The minimum absolute atomic E-state index is 0. The highest BCUT2D eigenvalue weighted by molar-refractivity contribution is 5.85. The maximum absolute atomic E-state index is 11.7. The molecule has 0 aliphatic heterocycles. The van der Waals surface area contributed by atoms with E-state index in [1.165, 1.54) is 0 Å². The highest BCUT2D eigenvalue weighted by atomic mass is 35.5. The molecule has 1 aromatic carbocycles. The molecule has 0 bridgehead atoms. The zero-order valence-corrected chi connectivity index (χ0v) is 13.4. The maximum atomic E-state index is 11.7. The second-order valence-corrected chi connectivity index (χ2v) is 5.47. The summed E-state index contributed by atoms with van der Waals surface area (Å²) in [5, 5.41) is 2.95. The number of nitrogens with one attached hydrogen (secondary N) is 1. The largest absolute Gasteiger partial charge is 0.497 e. The van der Waals surface area contributed by atoms with Gasteiger partial charge in [0.25, 0.3) is 0 Å². The van der Waals surface area contributed by atoms with E-state index in [0.717, 1.165) is 11.3 Å². The summed E-state index contributed by atoms with van der Waals surface area (Å²) in [7, 11) is 1.65. The predicted molar refractivity (Wildman–Crippen MR) is 84.5 cm³/mol. The third kappa shape index (κ3) is 5.02. The summed E-state index contributed by atoms with van der Waals surface area (Å²) in [5.74, 6) is 0.691. The molecule has 1 atom stereocenters. The van der Waals surface area contributed by atoms with Gasteiger partial charge in [0.15, 0.2) is 0 Å². The number of methoxy groups -OCH3 is 1. The van der Waals surface area contributed by atoms with Gasteiger partial charge in [-0.1, -0.05) is 32.9 Å². The van der Waals surface area contributed by atoms with Crippen molar-refractivity contribution in [2.45, 2.75) is 26.2 Å². The predicted octanol–water partition coefficient (Wildman–Crippen LogP) is 2.11. The zero-order valence-electron chi connectivity index (χ0n) is 12.6. The van der Waals surface area contributed by atoms with Crippen LogP contribution in [0.3, 0.4) is 0 Å². The fourth-order valence-corrected chi connectivity index (χ4v) is 1.73. The summed E-state index contributed by atoms with van der Waals surface area (Å²) >= 11 is 0. The Morgan fingerprint density at radius 1 is 1.35 bits per heavy atom. The molecule has 0 saturated heterocycles. The van der Waals surface area contributed by atoms with E-state index >= 15 is 0 Å². The van der Waals surface area contributed by atoms with E-state index in [9.17, 15) is 4.79 Å². The Hall–Kier alpha value is -1.26. The van der Waals surface area contributed by atoms with Crippen LogP contribution in [0.1, 0.15) is 26.3 Å². The van der Waals surface area contributed by atoms with Gasteiger partial charge in [0.1, 0.15) is 5.75 Å². The van der Waals surface area contributed by atoms with Gasteiger partial charge in [0, 0.05) is 24.4 Å². The molecule has 1 amide bonds. The zero-order chi connectivity index (χ0) is 14.5. The number of carbonyl (C=O) groups is 1. The lowest BCUT2D eigenvalue weighted by Crippen LogP contribution is -2.40. The normalized spacial score (nSPS) is 12.2. The third-order valence-corrected chi connectivity index (χ3v) is 3.38. The molecule has 1 rings (SSSR count). The van der Waals surface area contributed by atoms with Crippen LogP contribution in [-0.4, -0.2) is 26.1 Å². The lowest BCUT2D eigenvalue weighted by Gasteiger charge is -2.26. The fourth-order valence-electron chi connectivity index (χ4n) is 1.73. The Bertz CT molecular complexity index is 418. The monoisotopic (exact) mass is 300 g/mol. The molecule has 0 spiro atoms. The summed E-state index contributed by atoms with van der Waals surface area (Å²) < 4.78 is 5.14.